The third-order valence-electron chi connectivity index (χ3n) is 4.83. The van der Waals surface area contributed by atoms with Crippen LogP contribution in [0.15, 0.2) is 47.6 Å². The van der Waals surface area contributed by atoms with Crippen molar-refractivity contribution in [3.63, 3.8) is 0 Å². The monoisotopic (exact) mass is 411 g/mol. The molecule has 3 aromatic rings. The molecule has 1 amide bonds. The van der Waals surface area contributed by atoms with Crippen LogP contribution in [0.3, 0.4) is 0 Å². The Hall–Kier alpha value is -2.99. The Morgan fingerprint density at radius 2 is 2.03 bits per heavy atom. The molecule has 7 heteroatoms. The van der Waals surface area contributed by atoms with Gasteiger partial charge in [-0.05, 0) is 29.2 Å². The third-order valence-corrected chi connectivity index (χ3v) is 5.13. The molecule has 29 heavy (non-hydrogen) atoms. The molecule has 4 rings (SSSR count). The quantitative estimate of drug-likeness (QED) is 0.495. The van der Waals surface area contributed by atoms with Gasteiger partial charge in [0, 0.05) is 16.5 Å². The number of fused-ring (bicyclic) bond motifs is 2. The zero-order chi connectivity index (χ0) is 20.6. The van der Waals surface area contributed by atoms with Crippen molar-refractivity contribution in [3.05, 3.63) is 58.7 Å². The van der Waals surface area contributed by atoms with E-state index in [0.29, 0.717) is 22.2 Å². The van der Waals surface area contributed by atoms with Gasteiger partial charge in [0.05, 0.1) is 6.21 Å². The van der Waals surface area contributed by atoms with E-state index < -0.39 is 6.10 Å². The van der Waals surface area contributed by atoms with Crippen LogP contribution in [0.1, 0.15) is 31.9 Å². The first kappa shape index (κ1) is 19.3. The van der Waals surface area contributed by atoms with Gasteiger partial charge in [0.1, 0.15) is 11.8 Å². The number of benzene rings is 2. The van der Waals surface area contributed by atoms with Gasteiger partial charge in [0.2, 0.25) is 6.10 Å². The zero-order valence-electron chi connectivity index (χ0n) is 16.5. The Labute approximate surface area is 173 Å². The molecular formula is C22H22ClN3O3. The molecule has 2 heterocycles. The van der Waals surface area contributed by atoms with E-state index in [4.69, 9.17) is 21.1 Å². The summed E-state index contributed by atoms with van der Waals surface area (Å²) < 4.78 is 11.6. The number of hydrogen-bond donors (Lipinski definition) is 2. The fourth-order valence-corrected chi connectivity index (χ4v) is 3.41. The summed E-state index contributed by atoms with van der Waals surface area (Å²) >= 11 is 6.24. The molecule has 0 aliphatic carbocycles. The lowest BCUT2D eigenvalue weighted by Gasteiger charge is -2.27. The molecule has 1 aliphatic heterocycles. The predicted molar refractivity (Wildman–Crippen MR) is 114 cm³/mol. The molecule has 1 aliphatic rings. The van der Waals surface area contributed by atoms with E-state index >= 15 is 0 Å². The highest BCUT2D eigenvalue weighted by Gasteiger charge is 2.28. The topological polar surface area (TPSA) is 75.7 Å². The van der Waals surface area contributed by atoms with Crippen molar-refractivity contribution >= 4 is 34.6 Å². The maximum Gasteiger partial charge on any atom is 0.284 e. The van der Waals surface area contributed by atoms with Crippen LogP contribution >= 0.6 is 11.6 Å². The first-order valence-electron chi connectivity index (χ1n) is 9.36. The van der Waals surface area contributed by atoms with Crippen molar-refractivity contribution in [2.45, 2.75) is 32.3 Å². The van der Waals surface area contributed by atoms with E-state index in [1.165, 1.54) is 6.21 Å². The SMILES string of the molecule is CC(C)(C)c1ccc2c(c1)O[C@H](C(=O)N/N=C/c1c(Cl)[nH]c3ccccc13)CO2. The van der Waals surface area contributed by atoms with E-state index in [0.717, 1.165) is 16.5 Å². The minimum absolute atomic E-state index is 0.0313. The fraction of sp³-hybridized carbons (Fsp3) is 0.273. The number of hydrogen-bond acceptors (Lipinski definition) is 4. The molecular weight excluding hydrogens is 390 g/mol. The Morgan fingerprint density at radius 3 is 2.83 bits per heavy atom. The highest BCUT2D eigenvalue weighted by molar-refractivity contribution is 6.34. The maximum absolute atomic E-state index is 12.5. The first-order chi connectivity index (χ1) is 13.8. The lowest BCUT2D eigenvalue weighted by molar-refractivity contribution is -0.130. The molecule has 6 nitrogen and oxygen atoms in total. The molecule has 0 fully saturated rings. The highest BCUT2D eigenvalue weighted by Crippen LogP contribution is 2.36. The standard InChI is InChI=1S/C22H22ClN3O3/c1-22(2,3)13-8-9-17-18(10-13)29-19(12-28-17)21(27)26-24-11-15-14-6-4-5-7-16(14)25-20(15)23/h4-11,19,25H,12H2,1-3H3,(H,26,27)/b24-11+/t19-/m0/s1. The molecule has 0 saturated carbocycles. The predicted octanol–water partition coefficient (Wildman–Crippen LogP) is 4.41. The molecule has 150 valence electrons. The minimum Gasteiger partial charge on any atom is -0.485 e. The van der Waals surface area contributed by atoms with Crippen molar-refractivity contribution in [2.75, 3.05) is 6.61 Å². The summed E-state index contributed by atoms with van der Waals surface area (Å²) in [6, 6.07) is 13.5. The number of H-pyrrole nitrogens is 1. The zero-order valence-corrected chi connectivity index (χ0v) is 17.2. The van der Waals surface area contributed by atoms with Crippen LogP contribution in [-0.2, 0) is 10.2 Å². The Kier molecular flexibility index (Phi) is 4.96. The van der Waals surface area contributed by atoms with Crippen molar-refractivity contribution in [1.82, 2.24) is 10.4 Å². The van der Waals surface area contributed by atoms with Gasteiger partial charge in [-0.15, -0.1) is 0 Å². The van der Waals surface area contributed by atoms with Crippen molar-refractivity contribution in [1.29, 1.82) is 0 Å². The summed E-state index contributed by atoms with van der Waals surface area (Å²) in [6.45, 7) is 6.48. The number of ether oxygens (including phenoxy) is 2. The summed E-state index contributed by atoms with van der Waals surface area (Å²) in [7, 11) is 0. The number of aromatic nitrogens is 1. The summed E-state index contributed by atoms with van der Waals surface area (Å²) in [6.07, 6.45) is 0.738. The number of carbonyl (C=O) groups is 1. The second-order valence-electron chi connectivity index (χ2n) is 7.96. The summed E-state index contributed by atoms with van der Waals surface area (Å²) in [5.41, 5.74) is 5.20. The van der Waals surface area contributed by atoms with Crippen molar-refractivity contribution in [2.24, 2.45) is 5.10 Å². The number of aromatic amines is 1. The van der Waals surface area contributed by atoms with Gasteiger partial charge in [0.25, 0.3) is 5.91 Å². The van der Waals surface area contributed by atoms with Gasteiger partial charge < -0.3 is 14.5 Å². The van der Waals surface area contributed by atoms with Gasteiger partial charge in [-0.3, -0.25) is 4.79 Å². The molecule has 0 spiro atoms. The number of carbonyl (C=O) groups excluding carboxylic acids is 1. The number of hydrazone groups is 1. The second kappa shape index (κ2) is 7.44. The van der Waals surface area contributed by atoms with Crippen LogP contribution in [0.5, 0.6) is 11.5 Å². The largest absolute Gasteiger partial charge is 0.485 e. The van der Waals surface area contributed by atoms with E-state index in [-0.39, 0.29) is 17.9 Å². The number of para-hydroxylation sites is 1. The van der Waals surface area contributed by atoms with Crippen molar-refractivity contribution in [3.8, 4) is 11.5 Å². The van der Waals surface area contributed by atoms with Gasteiger partial charge >= 0.3 is 0 Å². The van der Waals surface area contributed by atoms with Crippen LogP contribution in [-0.4, -0.2) is 29.8 Å². The smallest absolute Gasteiger partial charge is 0.284 e. The summed E-state index contributed by atoms with van der Waals surface area (Å²) in [5, 5.41) is 5.44. The van der Waals surface area contributed by atoms with Crippen LogP contribution in [0.4, 0.5) is 0 Å². The van der Waals surface area contributed by atoms with E-state index in [1.807, 2.05) is 42.5 Å². The number of nitrogens with zero attached hydrogens (tertiary/aromatic N) is 1. The summed E-state index contributed by atoms with van der Waals surface area (Å²) in [5.74, 6) is 0.813. The second-order valence-corrected chi connectivity index (χ2v) is 8.34. The highest BCUT2D eigenvalue weighted by atomic mass is 35.5. The van der Waals surface area contributed by atoms with Crippen LogP contribution in [0.25, 0.3) is 10.9 Å². The van der Waals surface area contributed by atoms with E-state index in [9.17, 15) is 4.79 Å². The lowest BCUT2D eigenvalue weighted by Crippen LogP contribution is -2.42. The molecule has 1 atom stereocenters. The van der Waals surface area contributed by atoms with Crippen LogP contribution in [0, 0.1) is 0 Å². The molecule has 0 radical (unpaired) electrons. The number of halogens is 1. The molecule has 0 bridgehead atoms. The normalized spacial score (nSPS) is 16.3. The maximum atomic E-state index is 12.5. The van der Waals surface area contributed by atoms with Crippen molar-refractivity contribution < 1.29 is 14.3 Å². The van der Waals surface area contributed by atoms with Gasteiger partial charge in [-0.2, -0.15) is 5.10 Å². The van der Waals surface area contributed by atoms with Gasteiger partial charge in [-0.25, -0.2) is 5.43 Å². The molecule has 2 N–H and O–H groups in total. The third kappa shape index (κ3) is 3.93. The Morgan fingerprint density at radius 1 is 1.24 bits per heavy atom. The Balaban J connectivity index is 1.46. The average Bonchev–Trinajstić information content (AvgIpc) is 3.01. The fourth-order valence-electron chi connectivity index (χ4n) is 3.16. The lowest BCUT2D eigenvalue weighted by atomic mass is 9.87. The summed E-state index contributed by atoms with van der Waals surface area (Å²) in [4.78, 5) is 15.6. The van der Waals surface area contributed by atoms with Gasteiger partial charge in [0.15, 0.2) is 11.5 Å². The first-order valence-corrected chi connectivity index (χ1v) is 9.74. The number of rotatable bonds is 3. The molecule has 2 aromatic carbocycles. The van der Waals surface area contributed by atoms with Crippen LogP contribution in [0.2, 0.25) is 5.15 Å². The van der Waals surface area contributed by atoms with Gasteiger partial charge in [-0.1, -0.05) is 56.6 Å². The van der Waals surface area contributed by atoms with E-state index in [2.05, 4.69) is 36.3 Å². The average molecular weight is 412 g/mol. The molecule has 1 aromatic heterocycles. The molecule has 0 unspecified atom stereocenters. The number of nitrogens with one attached hydrogen (secondary N) is 2. The Bertz CT molecular complexity index is 1100. The van der Waals surface area contributed by atoms with Crippen LogP contribution < -0.4 is 14.9 Å². The number of amides is 1. The van der Waals surface area contributed by atoms with E-state index in [1.54, 1.807) is 0 Å². The molecule has 0 saturated heterocycles. The minimum atomic E-state index is -0.784.